The zero-order valence-corrected chi connectivity index (χ0v) is 11.7. The molecule has 20 heavy (non-hydrogen) atoms. The summed E-state index contributed by atoms with van der Waals surface area (Å²) in [7, 11) is 2.15. The molecule has 0 aliphatic carbocycles. The smallest absolute Gasteiger partial charge is 0.135 e. The Kier molecular flexibility index (Phi) is 3.78. The molecule has 0 saturated carbocycles. The molecule has 1 aromatic heterocycles. The summed E-state index contributed by atoms with van der Waals surface area (Å²) in [6, 6.07) is 12.1. The van der Waals surface area contributed by atoms with Crippen molar-refractivity contribution in [2.24, 2.45) is 0 Å². The van der Waals surface area contributed by atoms with Crippen molar-refractivity contribution >= 4 is 17.3 Å². The van der Waals surface area contributed by atoms with Crippen molar-refractivity contribution in [3.8, 4) is 0 Å². The first-order valence-electron chi connectivity index (χ1n) is 6.89. The molecule has 1 saturated heterocycles. The fourth-order valence-corrected chi connectivity index (χ4v) is 2.29. The van der Waals surface area contributed by atoms with E-state index in [-0.39, 0.29) is 0 Å². The van der Waals surface area contributed by atoms with E-state index in [1.54, 1.807) is 6.33 Å². The lowest BCUT2D eigenvalue weighted by Gasteiger charge is -2.33. The molecule has 2 heterocycles. The molecule has 104 valence electrons. The Morgan fingerprint density at radius 3 is 2.50 bits per heavy atom. The predicted octanol–water partition coefficient (Wildman–Crippen LogP) is 1.97. The summed E-state index contributed by atoms with van der Waals surface area (Å²) in [4.78, 5) is 13.3. The Hall–Kier alpha value is -2.14. The number of aromatic nitrogens is 2. The van der Waals surface area contributed by atoms with Gasteiger partial charge in [0, 0.05) is 37.9 Å². The average molecular weight is 269 g/mol. The number of benzene rings is 1. The minimum absolute atomic E-state index is 0.833. The molecule has 0 radical (unpaired) electrons. The van der Waals surface area contributed by atoms with Crippen molar-refractivity contribution < 1.29 is 0 Å². The third-order valence-corrected chi connectivity index (χ3v) is 3.53. The highest BCUT2D eigenvalue weighted by Crippen LogP contribution is 2.19. The number of hydrogen-bond donors (Lipinski definition) is 1. The number of anilines is 3. The van der Waals surface area contributed by atoms with Gasteiger partial charge in [0.2, 0.25) is 0 Å². The van der Waals surface area contributed by atoms with Gasteiger partial charge in [0.25, 0.3) is 0 Å². The highest BCUT2D eigenvalue weighted by atomic mass is 15.3. The second kappa shape index (κ2) is 5.88. The van der Waals surface area contributed by atoms with E-state index in [2.05, 4.69) is 32.1 Å². The maximum atomic E-state index is 4.39. The van der Waals surface area contributed by atoms with Gasteiger partial charge in [-0.3, -0.25) is 0 Å². The van der Waals surface area contributed by atoms with Gasteiger partial charge in [-0.2, -0.15) is 0 Å². The molecule has 1 aliphatic rings. The number of piperazine rings is 1. The largest absolute Gasteiger partial charge is 0.354 e. The third-order valence-electron chi connectivity index (χ3n) is 3.53. The standard InChI is InChI=1S/C15H19N5/c1-19-7-9-20(10-8-19)15-11-14(16-12-17-15)18-13-5-3-2-4-6-13/h2-6,11-12H,7-10H2,1H3,(H,16,17,18). The molecule has 2 aromatic rings. The van der Waals surface area contributed by atoms with Gasteiger partial charge in [0.1, 0.15) is 18.0 Å². The van der Waals surface area contributed by atoms with Gasteiger partial charge in [-0.25, -0.2) is 9.97 Å². The first-order chi connectivity index (χ1) is 9.81. The third kappa shape index (κ3) is 3.05. The second-order valence-corrected chi connectivity index (χ2v) is 5.04. The highest BCUT2D eigenvalue weighted by molar-refractivity contribution is 5.59. The number of para-hydroxylation sites is 1. The summed E-state index contributed by atoms with van der Waals surface area (Å²) in [6.07, 6.45) is 1.62. The lowest BCUT2D eigenvalue weighted by Crippen LogP contribution is -2.44. The van der Waals surface area contributed by atoms with Gasteiger partial charge < -0.3 is 15.1 Å². The van der Waals surface area contributed by atoms with Crippen molar-refractivity contribution in [2.75, 3.05) is 43.4 Å². The van der Waals surface area contributed by atoms with Crippen LogP contribution in [0.3, 0.4) is 0 Å². The zero-order chi connectivity index (χ0) is 13.8. The summed E-state index contributed by atoms with van der Waals surface area (Å²) in [5, 5.41) is 3.30. The van der Waals surface area contributed by atoms with Crippen LogP contribution in [0.25, 0.3) is 0 Å². The lowest BCUT2D eigenvalue weighted by atomic mass is 10.3. The van der Waals surface area contributed by atoms with Gasteiger partial charge >= 0.3 is 0 Å². The molecule has 1 aromatic carbocycles. The monoisotopic (exact) mass is 269 g/mol. The van der Waals surface area contributed by atoms with E-state index < -0.39 is 0 Å². The van der Waals surface area contributed by atoms with Crippen LogP contribution in [0.4, 0.5) is 17.3 Å². The number of rotatable bonds is 3. The molecular formula is C15H19N5. The van der Waals surface area contributed by atoms with Gasteiger partial charge in [0.15, 0.2) is 0 Å². The van der Waals surface area contributed by atoms with E-state index in [1.807, 2.05) is 36.4 Å². The molecule has 5 heteroatoms. The second-order valence-electron chi connectivity index (χ2n) is 5.04. The molecule has 5 nitrogen and oxygen atoms in total. The van der Waals surface area contributed by atoms with Crippen LogP contribution in [-0.4, -0.2) is 48.1 Å². The molecule has 0 spiro atoms. The lowest BCUT2D eigenvalue weighted by molar-refractivity contribution is 0.312. The van der Waals surface area contributed by atoms with Crippen LogP contribution in [0.15, 0.2) is 42.7 Å². The van der Waals surface area contributed by atoms with Crippen molar-refractivity contribution in [1.29, 1.82) is 0 Å². The van der Waals surface area contributed by atoms with Crippen LogP contribution < -0.4 is 10.2 Å². The molecule has 1 N–H and O–H groups in total. The molecule has 3 rings (SSSR count). The quantitative estimate of drug-likeness (QED) is 0.923. The first-order valence-corrected chi connectivity index (χ1v) is 6.89. The van der Waals surface area contributed by atoms with E-state index in [1.165, 1.54) is 0 Å². The van der Waals surface area contributed by atoms with Crippen LogP contribution in [0.1, 0.15) is 0 Å². The fraction of sp³-hybridized carbons (Fsp3) is 0.333. The summed E-state index contributed by atoms with van der Waals surface area (Å²) in [5.74, 6) is 1.83. The van der Waals surface area contributed by atoms with Gasteiger partial charge in [-0.1, -0.05) is 18.2 Å². The molecule has 0 unspecified atom stereocenters. The Morgan fingerprint density at radius 1 is 1.00 bits per heavy atom. The summed E-state index contributed by atoms with van der Waals surface area (Å²) in [6.45, 7) is 4.17. The predicted molar refractivity (Wildman–Crippen MR) is 81.5 cm³/mol. The number of likely N-dealkylation sites (N-methyl/N-ethyl adjacent to an activating group) is 1. The SMILES string of the molecule is CN1CCN(c2cc(Nc3ccccc3)ncn2)CC1. The molecular weight excluding hydrogens is 250 g/mol. The van der Waals surface area contributed by atoms with Crippen molar-refractivity contribution in [1.82, 2.24) is 14.9 Å². The summed E-state index contributed by atoms with van der Waals surface area (Å²) in [5.41, 5.74) is 1.04. The molecule has 1 aliphatic heterocycles. The maximum Gasteiger partial charge on any atom is 0.135 e. The van der Waals surface area contributed by atoms with Gasteiger partial charge in [-0.05, 0) is 19.2 Å². The van der Waals surface area contributed by atoms with Crippen molar-refractivity contribution in [3.05, 3.63) is 42.7 Å². The van der Waals surface area contributed by atoms with Crippen LogP contribution >= 0.6 is 0 Å². The maximum absolute atomic E-state index is 4.39. The normalized spacial score (nSPS) is 16.1. The summed E-state index contributed by atoms with van der Waals surface area (Å²) >= 11 is 0. The molecule has 0 bridgehead atoms. The highest BCUT2D eigenvalue weighted by Gasteiger charge is 2.15. The van der Waals surface area contributed by atoms with Crippen molar-refractivity contribution in [2.45, 2.75) is 0 Å². The molecule has 0 atom stereocenters. The zero-order valence-electron chi connectivity index (χ0n) is 11.7. The first kappa shape index (κ1) is 12.9. The van der Waals surface area contributed by atoms with Crippen LogP contribution in [0, 0.1) is 0 Å². The Balaban J connectivity index is 1.73. The van der Waals surface area contributed by atoms with Gasteiger partial charge in [0.05, 0.1) is 0 Å². The Morgan fingerprint density at radius 2 is 1.75 bits per heavy atom. The van der Waals surface area contributed by atoms with E-state index in [0.29, 0.717) is 0 Å². The van der Waals surface area contributed by atoms with E-state index in [0.717, 1.165) is 43.5 Å². The topological polar surface area (TPSA) is 44.3 Å². The number of hydrogen-bond acceptors (Lipinski definition) is 5. The van der Waals surface area contributed by atoms with E-state index >= 15 is 0 Å². The average Bonchev–Trinajstić information content (AvgIpc) is 2.49. The van der Waals surface area contributed by atoms with Crippen LogP contribution in [-0.2, 0) is 0 Å². The summed E-state index contributed by atoms with van der Waals surface area (Å²) < 4.78 is 0. The van der Waals surface area contributed by atoms with Crippen molar-refractivity contribution in [3.63, 3.8) is 0 Å². The molecule has 1 fully saturated rings. The molecule has 0 amide bonds. The van der Waals surface area contributed by atoms with E-state index in [9.17, 15) is 0 Å². The fourth-order valence-electron chi connectivity index (χ4n) is 2.29. The van der Waals surface area contributed by atoms with Crippen LogP contribution in [0.5, 0.6) is 0 Å². The Labute approximate surface area is 119 Å². The minimum Gasteiger partial charge on any atom is -0.354 e. The minimum atomic E-state index is 0.833. The number of nitrogens with one attached hydrogen (secondary N) is 1. The number of nitrogens with zero attached hydrogens (tertiary/aromatic N) is 4. The van der Waals surface area contributed by atoms with Gasteiger partial charge in [-0.15, -0.1) is 0 Å². The van der Waals surface area contributed by atoms with Crippen LogP contribution in [0.2, 0.25) is 0 Å². The Bertz CT molecular complexity index is 549. The van der Waals surface area contributed by atoms with E-state index in [4.69, 9.17) is 0 Å².